The Morgan fingerprint density at radius 3 is 2.32 bits per heavy atom. The summed E-state index contributed by atoms with van der Waals surface area (Å²) in [5.74, 6) is 0. The van der Waals surface area contributed by atoms with Gasteiger partial charge in [0.05, 0.1) is 0 Å². The molecular formula is C20H12BrN. The van der Waals surface area contributed by atoms with Gasteiger partial charge in [-0.1, -0.05) is 52.3 Å². The van der Waals surface area contributed by atoms with Crippen LogP contribution in [0.1, 0.15) is 0 Å². The van der Waals surface area contributed by atoms with E-state index < -0.39 is 0 Å². The average molecular weight is 346 g/mol. The maximum atomic E-state index is 3.55. The summed E-state index contributed by atoms with van der Waals surface area (Å²) in [5, 5.41) is 7.76. The molecule has 0 atom stereocenters. The Bertz CT molecular complexity index is 1180. The van der Waals surface area contributed by atoms with Gasteiger partial charge in [0.25, 0.3) is 0 Å². The SMILES string of the molecule is Brc1ccc2c(c1)[nH]c1ccc3cc4ccccc4cc3c12. The van der Waals surface area contributed by atoms with E-state index in [1.54, 1.807) is 0 Å². The van der Waals surface area contributed by atoms with Crippen LogP contribution in [0.5, 0.6) is 0 Å². The predicted molar refractivity (Wildman–Crippen MR) is 98.5 cm³/mol. The monoisotopic (exact) mass is 345 g/mol. The summed E-state index contributed by atoms with van der Waals surface area (Å²) in [4.78, 5) is 3.53. The number of fused-ring (bicyclic) bond motifs is 6. The first-order valence-corrected chi connectivity index (χ1v) is 8.11. The third-order valence-corrected chi connectivity index (χ3v) is 4.90. The topological polar surface area (TPSA) is 15.8 Å². The Labute approximate surface area is 135 Å². The van der Waals surface area contributed by atoms with Crippen molar-refractivity contribution in [3.05, 3.63) is 71.2 Å². The van der Waals surface area contributed by atoms with E-state index in [0.29, 0.717) is 0 Å². The highest BCUT2D eigenvalue weighted by Gasteiger charge is 2.09. The molecule has 0 saturated carbocycles. The van der Waals surface area contributed by atoms with E-state index in [1.165, 1.54) is 43.4 Å². The Morgan fingerprint density at radius 2 is 1.45 bits per heavy atom. The van der Waals surface area contributed by atoms with E-state index in [9.17, 15) is 0 Å². The van der Waals surface area contributed by atoms with E-state index in [1.807, 2.05) is 0 Å². The molecule has 0 fully saturated rings. The van der Waals surface area contributed by atoms with Crippen LogP contribution in [0.2, 0.25) is 0 Å². The summed E-state index contributed by atoms with van der Waals surface area (Å²) < 4.78 is 1.10. The molecule has 0 amide bonds. The number of benzene rings is 4. The van der Waals surface area contributed by atoms with E-state index in [2.05, 4.69) is 87.6 Å². The zero-order chi connectivity index (χ0) is 14.7. The van der Waals surface area contributed by atoms with Gasteiger partial charge in [0.1, 0.15) is 0 Å². The van der Waals surface area contributed by atoms with E-state index in [-0.39, 0.29) is 0 Å². The molecule has 0 spiro atoms. The van der Waals surface area contributed by atoms with Gasteiger partial charge in [-0.15, -0.1) is 0 Å². The lowest BCUT2D eigenvalue weighted by atomic mass is 9.99. The van der Waals surface area contributed by atoms with Gasteiger partial charge in [-0.05, 0) is 51.9 Å². The van der Waals surface area contributed by atoms with Crippen molar-refractivity contribution in [1.82, 2.24) is 4.98 Å². The second kappa shape index (κ2) is 4.34. The Hall–Kier alpha value is -2.32. The van der Waals surface area contributed by atoms with E-state index >= 15 is 0 Å². The van der Waals surface area contributed by atoms with Crippen molar-refractivity contribution in [2.24, 2.45) is 0 Å². The van der Waals surface area contributed by atoms with E-state index in [0.717, 1.165) is 4.47 Å². The number of hydrogen-bond donors (Lipinski definition) is 1. The number of hydrogen-bond acceptors (Lipinski definition) is 0. The fourth-order valence-electron chi connectivity index (χ4n) is 3.39. The Morgan fingerprint density at radius 1 is 0.636 bits per heavy atom. The number of aromatic nitrogens is 1. The van der Waals surface area contributed by atoms with Crippen LogP contribution in [0.25, 0.3) is 43.4 Å². The van der Waals surface area contributed by atoms with Crippen molar-refractivity contribution >= 4 is 59.3 Å². The van der Waals surface area contributed by atoms with Crippen LogP contribution in [0, 0.1) is 0 Å². The molecule has 1 heterocycles. The first-order valence-electron chi connectivity index (χ1n) is 7.32. The van der Waals surface area contributed by atoms with Gasteiger partial charge in [0.15, 0.2) is 0 Å². The maximum Gasteiger partial charge on any atom is 0.0476 e. The molecule has 0 saturated heterocycles. The third kappa shape index (κ3) is 1.65. The second-order valence-electron chi connectivity index (χ2n) is 5.72. The molecule has 0 aliphatic heterocycles. The van der Waals surface area contributed by atoms with Crippen molar-refractivity contribution in [1.29, 1.82) is 0 Å². The van der Waals surface area contributed by atoms with E-state index in [4.69, 9.17) is 0 Å². The van der Waals surface area contributed by atoms with Gasteiger partial charge in [-0.3, -0.25) is 0 Å². The van der Waals surface area contributed by atoms with Crippen molar-refractivity contribution in [2.45, 2.75) is 0 Å². The average Bonchev–Trinajstić information content (AvgIpc) is 2.90. The van der Waals surface area contributed by atoms with Gasteiger partial charge in [-0.25, -0.2) is 0 Å². The quantitative estimate of drug-likeness (QED) is 0.313. The third-order valence-electron chi connectivity index (χ3n) is 4.41. The fraction of sp³-hybridized carbons (Fsp3) is 0. The highest BCUT2D eigenvalue weighted by molar-refractivity contribution is 9.10. The normalized spacial score (nSPS) is 11.9. The van der Waals surface area contributed by atoms with Crippen LogP contribution in [0.4, 0.5) is 0 Å². The molecule has 0 aliphatic rings. The first kappa shape index (κ1) is 12.2. The van der Waals surface area contributed by atoms with Gasteiger partial charge >= 0.3 is 0 Å². The van der Waals surface area contributed by atoms with Crippen LogP contribution in [0.3, 0.4) is 0 Å². The summed E-state index contributed by atoms with van der Waals surface area (Å²) >= 11 is 3.55. The molecule has 2 heteroatoms. The van der Waals surface area contributed by atoms with Crippen molar-refractivity contribution in [3.63, 3.8) is 0 Å². The molecule has 1 aromatic heterocycles. The number of aromatic amines is 1. The Balaban J connectivity index is 2.05. The maximum absolute atomic E-state index is 3.55. The van der Waals surface area contributed by atoms with Crippen LogP contribution in [0.15, 0.2) is 71.2 Å². The van der Waals surface area contributed by atoms with Gasteiger partial charge < -0.3 is 4.98 Å². The molecule has 0 unspecified atom stereocenters. The highest BCUT2D eigenvalue weighted by Crippen LogP contribution is 2.35. The minimum absolute atomic E-state index is 1.10. The summed E-state index contributed by atoms with van der Waals surface area (Å²) in [5.41, 5.74) is 2.36. The summed E-state index contributed by atoms with van der Waals surface area (Å²) in [6, 6.07) is 23.9. The Kier molecular flexibility index (Phi) is 2.42. The van der Waals surface area contributed by atoms with Gasteiger partial charge in [0.2, 0.25) is 0 Å². The minimum Gasteiger partial charge on any atom is -0.354 e. The van der Waals surface area contributed by atoms with Gasteiger partial charge in [0, 0.05) is 26.3 Å². The molecule has 0 aliphatic carbocycles. The highest BCUT2D eigenvalue weighted by atomic mass is 79.9. The lowest BCUT2D eigenvalue weighted by molar-refractivity contribution is 1.54. The second-order valence-corrected chi connectivity index (χ2v) is 6.64. The fourth-order valence-corrected chi connectivity index (χ4v) is 3.75. The van der Waals surface area contributed by atoms with Crippen molar-refractivity contribution < 1.29 is 0 Å². The zero-order valence-corrected chi connectivity index (χ0v) is 13.3. The smallest absolute Gasteiger partial charge is 0.0476 e. The lowest BCUT2D eigenvalue weighted by Gasteiger charge is -2.04. The predicted octanol–water partition coefficient (Wildman–Crippen LogP) is 6.39. The summed E-state index contributed by atoms with van der Waals surface area (Å²) in [6.07, 6.45) is 0. The molecular weight excluding hydrogens is 334 g/mol. The summed E-state index contributed by atoms with van der Waals surface area (Å²) in [7, 11) is 0. The molecule has 22 heavy (non-hydrogen) atoms. The zero-order valence-electron chi connectivity index (χ0n) is 11.7. The number of halogens is 1. The molecule has 1 N–H and O–H groups in total. The number of nitrogens with one attached hydrogen (secondary N) is 1. The molecule has 0 radical (unpaired) electrons. The minimum atomic E-state index is 1.10. The van der Waals surface area contributed by atoms with Gasteiger partial charge in [-0.2, -0.15) is 0 Å². The standard InChI is InChI=1S/C20H12BrN/c21-15-6-7-16-19(11-15)22-18-8-5-14-9-12-3-1-2-4-13(12)10-17(14)20(16)18/h1-11,22H. The van der Waals surface area contributed by atoms with Crippen molar-refractivity contribution in [2.75, 3.05) is 0 Å². The van der Waals surface area contributed by atoms with Crippen LogP contribution >= 0.6 is 15.9 Å². The lowest BCUT2D eigenvalue weighted by Crippen LogP contribution is -1.78. The van der Waals surface area contributed by atoms with Crippen LogP contribution in [-0.4, -0.2) is 4.98 Å². The molecule has 0 bridgehead atoms. The van der Waals surface area contributed by atoms with Crippen molar-refractivity contribution in [3.8, 4) is 0 Å². The first-order chi connectivity index (χ1) is 10.8. The van der Waals surface area contributed by atoms with Crippen LogP contribution in [-0.2, 0) is 0 Å². The van der Waals surface area contributed by atoms with Crippen LogP contribution < -0.4 is 0 Å². The summed E-state index contributed by atoms with van der Waals surface area (Å²) in [6.45, 7) is 0. The number of rotatable bonds is 0. The molecule has 5 rings (SSSR count). The molecule has 1 nitrogen and oxygen atoms in total. The largest absolute Gasteiger partial charge is 0.354 e. The molecule has 104 valence electrons. The molecule has 4 aromatic carbocycles. The molecule has 5 aromatic rings. The number of H-pyrrole nitrogens is 1.